The first-order valence-corrected chi connectivity index (χ1v) is 10.6. The average molecular weight is 374 g/mol. The summed E-state index contributed by atoms with van der Waals surface area (Å²) in [6, 6.07) is 9.03. The first-order chi connectivity index (χ1) is 13.3. The SMILES string of the molecule is CON=C(CN1CCCCC1)c1ccc(OCCCN2CCC[C@H]2C)cc1. The number of ether oxygens (including phenoxy) is 1. The molecule has 1 atom stereocenters. The highest BCUT2D eigenvalue weighted by atomic mass is 16.6. The van der Waals surface area contributed by atoms with Crippen molar-refractivity contribution >= 4 is 5.71 Å². The lowest BCUT2D eigenvalue weighted by Gasteiger charge is -2.26. The number of hydrogen-bond acceptors (Lipinski definition) is 5. The topological polar surface area (TPSA) is 37.3 Å². The Bertz CT molecular complexity index is 582. The molecule has 0 N–H and O–H groups in total. The summed E-state index contributed by atoms with van der Waals surface area (Å²) in [4.78, 5) is 10.1. The van der Waals surface area contributed by atoms with Gasteiger partial charge in [-0.2, -0.15) is 0 Å². The van der Waals surface area contributed by atoms with Gasteiger partial charge in [-0.1, -0.05) is 11.6 Å². The van der Waals surface area contributed by atoms with Crippen molar-refractivity contribution in [2.45, 2.75) is 51.5 Å². The number of oxime groups is 1. The molecule has 0 aliphatic carbocycles. The largest absolute Gasteiger partial charge is 0.494 e. The quantitative estimate of drug-likeness (QED) is 0.375. The zero-order valence-electron chi connectivity index (χ0n) is 17.0. The maximum Gasteiger partial charge on any atom is 0.119 e. The molecule has 5 nitrogen and oxygen atoms in total. The standard InChI is InChI=1S/C22H35N3O2/c1-19-8-6-15-25(19)16-7-17-27-21-11-9-20(10-12-21)22(23-26-2)18-24-13-4-3-5-14-24/h9-12,19H,3-8,13-18H2,1-2H3/t19-/m1/s1. The van der Waals surface area contributed by atoms with Crippen molar-refractivity contribution in [3.63, 3.8) is 0 Å². The van der Waals surface area contributed by atoms with Crippen LogP contribution in [-0.2, 0) is 4.84 Å². The lowest BCUT2D eigenvalue weighted by Crippen LogP contribution is -2.34. The van der Waals surface area contributed by atoms with Crippen LogP contribution in [0.5, 0.6) is 5.75 Å². The summed E-state index contributed by atoms with van der Waals surface area (Å²) in [6.45, 7) is 8.64. The number of rotatable bonds is 9. The van der Waals surface area contributed by atoms with Gasteiger partial charge < -0.3 is 14.5 Å². The van der Waals surface area contributed by atoms with Gasteiger partial charge in [-0.05, 0) is 82.9 Å². The minimum Gasteiger partial charge on any atom is -0.494 e. The van der Waals surface area contributed by atoms with Gasteiger partial charge in [0, 0.05) is 24.7 Å². The number of hydrogen-bond donors (Lipinski definition) is 0. The molecule has 1 aromatic rings. The highest BCUT2D eigenvalue weighted by Crippen LogP contribution is 2.18. The fraction of sp³-hybridized carbons (Fsp3) is 0.682. The molecule has 150 valence electrons. The van der Waals surface area contributed by atoms with Crippen LogP contribution in [0.4, 0.5) is 0 Å². The lowest BCUT2D eigenvalue weighted by molar-refractivity contribution is 0.207. The Morgan fingerprint density at radius 2 is 1.85 bits per heavy atom. The van der Waals surface area contributed by atoms with E-state index in [0.717, 1.165) is 62.3 Å². The molecule has 5 heteroatoms. The number of likely N-dealkylation sites (tertiary alicyclic amines) is 2. The van der Waals surface area contributed by atoms with Crippen molar-refractivity contribution in [2.24, 2.45) is 5.16 Å². The second kappa shape index (κ2) is 10.7. The van der Waals surface area contributed by atoms with E-state index in [2.05, 4.69) is 46.1 Å². The molecule has 0 unspecified atom stereocenters. The molecule has 2 saturated heterocycles. The maximum atomic E-state index is 5.94. The van der Waals surface area contributed by atoms with Crippen LogP contribution < -0.4 is 4.74 Å². The second-order valence-electron chi connectivity index (χ2n) is 7.81. The van der Waals surface area contributed by atoms with E-state index in [1.54, 1.807) is 7.11 Å². The van der Waals surface area contributed by atoms with Crippen LogP contribution >= 0.6 is 0 Å². The molecule has 0 spiro atoms. The van der Waals surface area contributed by atoms with E-state index in [0.29, 0.717) is 0 Å². The Labute approximate surface area is 164 Å². The molecule has 3 rings (SSSR count). The van der Waals surface area contributed by atoms with E-state index < -0.39 is 0 Å². The second-order valence-corrected chi connectivity index (χ2v) is 7.81. The van der Waals surface area contributed by atoms with Gasteiger partial charge in [-0.15, -0.1) is 0 Å². The number of piperidine rings is 1. The predicted molar refractivity (Wildman–Crippen MR) is 111 cm³/mol. The molecule has 2 fully saturated rings. The molecule has 0 bridgehead atoms. The fourth-order valence-electron chi connectivity index (χ4n) is 4.14. The van der Waals surface area contributed by atoms with Gasteiger partial charge in [0.1, 0.15) is 18.6 Å². The van der Waals surface area contributed by atoms with Gasteiger partial charge in [0.25, 0.3) is 0 Å². The molecule has 1 aromatic carbocycles. The van der Waals surface area contributed by atoms with Crippen LogP contribution in [0.3, 0.4) is 0 Å². The summed E-state index contributed by atoms with van der Waals surface area (Å²) >= 11 is 0. The van der Waals surface area contributed by atoms with Crippen molar-refractivity contribution in [2.75, 3.05) is 46.4 Å². The predicted octanol–water partition coefficient (Wildman–Crippen LogP) is 3.78. The summed E-state index contributed by atoms with van der Waals surface area (Å²) in [7, 11) is 1.62. The first kappa shape index (κ1) is 20.2. The van der Waals surface area contributed by atoms with Crippen molar-refractivity contribution in [3.05, 3.63) is 29.8 Å². The summed E-state index contributed by atoms with van der Waals surface area (Å²) in [5.41, 5.74) is 2.11. The Morgan fingerprint density at radius 3 is 2.52 bits per heavy atom. The van der Waals surface area contributed by atoms with E-state index in [1.807, 2.05) is 0 Å². The minimum absolute atomic E-state index is 0.739. The maximum absolute atomic E-state index is 5.94. The van der Waals surface area contributed by atoms with E-state index >= 15 is 0 Å². The molecule has 2 heterocycles. The molecule has 2 aliphatic rings. The molecule has 0 amide bonds. The number of nitrogens with zero attached hydrogens (tertiary/aromatic N) is 3. The Kier molecular flexibility index (Phi) is 7.96. The van der Waals surface area contributed by atoms with Crippen LogP contribution in [0.2, 0.25) is 0 Å². The summed E-state index contributed by atoms with van der Waals surface area (Å²) in [5, 5.41) is 4.27. The molecule has 0 radical (unpaired) electrons. The van der Waals surface area contributed by atoms with Gasteiger partial charge in [0.05, 0.1) is 6.61 Å². The molecule has 2 aliphatic heterocycles. The summed E-state index contributed by atoms with van der Waals surface area (Å²) in [5.74, 6) is 0.933. The highest BCUT2D eigenvalue weighted by molar-refractivity contribution is 6.01. The van der Waals surface area contributed by atoms with Crippen LogP contribution in [0.15, 0.2) is 29.4 Å². The molecular weight excluding hydrogens is 338 g/mol. The Hall–Kier alpha value is -1.59. The van der Waals surface area contributed by atoms with Crippen LogP contribution in [-0.4, -0.2) is 68.0 Å². The van der Waals surface area contributed by atoms with Crippen molar-refractivity contribution in [1.29, 1.82) is 0 Å². The number of benzene rings is 1. The Morgan fingerprint density at radius 1 is 1.07 bits per heavy atom. The van der Waals surface area contributed by atoms with Gasteiger partial charge in [0.15, 0.2) is 0 Å². The van der Waals surface area contributed by atoms with Crippen molar-refractivity contribution in [3.8, 4) is 5.75 Å². The van der Waals surface area contributed by atoms with Crippen molar-refractivity contribution in [1.82, 2.24) is 9.80 Å². The van der Waals surface area contributed by atoms with Crippen LogP contribution in [0.1, 0.15) is 51.0 Å². The van der Waals surface area contributed by atoms with Crippen LogP contribution in [0.25, 0.3) is 0 Å². The monoisotopic (exact) mass is 373 g/mol. The van der Waals surface area contributed by atoms with E-state index in [-0.39, 0.29) is 0 Å². The normalized spacial score (nSPS) is 22.1. The molecule has 0 aromatic heterocycles. The van der Waals surface area contributed by atoms with E-state index in [4.69, 9.17) is 9.57 Å². The van der Waals surface area contributed by atoms with Crippen molar-refractivity contribution < 1.29 is 9.57 Å². The smallest absolute Gasteiger partial charge is 0.119 e. The Balaban J connectivity index is 1.46. The third kappa shape index (κ3) is 6.22. The van der Waals surface area contributed by atoms with E-state index in [9.17, 15) is 0 Å². The molecule has 0 saturated carbocycles. The van der Waals surface area contributed by atoms with Crippen LogP contribution in [0, 0.1) is 0 Å². The highest BCUT2D eigenvalue weighted by Gasteiger charge is 2.19. The van der Waals surface area contributed by atoms with Gasteiger partial charge in [0.2, 0.25) is 0 Å². The molecular formula is C22H35N3O2. The third-order valence-corrected chi connectivity index (χ3v) is 5.76. The lowest BCUT2D eigenvalue weighted by atomic mass is 10.1. The molecule has 27 heavy (non-hydrogen) atoms. The zero-order chi connectivity index (χ0) is 18.9. The first-order valence-electron chi connectivity index (χ1n) is 10.6. The van der Waals surface area contributed by atoms with Gasteiger partial charge in [-0.25, -0.2) is 0 Å². The summed E-state index contributed by atoms with van der Waals surface area (Å²) < 4.78 is 5.94. The fourth-order valence-corrected chi connectivity index (χ4v) is 4.14. The van der Waals surface area contributed by atoms with Gasteiger partial charge in [-0.3, -0.25) is 4.90 Å². The average Bonchev–Trinajstić information content (AvgIpc) is 3.11. The summed E-state index contributed by atoms with van der Waals surface area (Å²) in [6.07, 6.45) is 7.66. The zero-order valence-corrected chi connectivity index (χ0v) is 17.0. The minimum atomic E-state index is 0.739. The van der Waals surface area contributed by atoms with Gasteiger partial charge >= 0.3 is 0 Å². The van der Waals surface area contributed by atoms with E-state index in [1.165, 1.54) is 38.6 Å². The third-order valence-electron chi connectivity index (χ3n) is 5.76.